The van der Waals surface area contributed by atoms with Crippen LogP contribution in [-0.4, -0.2) is 34.9 Å². The van der Waals surface area contributed by atoms with Gasteiger partial charge in [0.1, 0.15) is 5.69 Å². The lowest BCUT2D eigenvalue weighted by atomic mass is 10.0. The van der Waals surface area contributed by atoms with Crippen LogP contribution in [0.3, 0.4) is 0 Å². The standard InChI is InChI=1S/C13H16F3N3O.2ClH/c14-13(15,16)11-5-4-9(8-18-11)12(20)19-6-2-1-3-10(19)7-17;;/h4-5,8,10H,1-3,6-7,17H2;2*1H. The van der Waals surface area contributed by atoms with E-state index in [1.165, 1.54) is 6.07 Å². The van der Waals surface area contributed by atoms with Crippen LogP contribution in [0.5, 0.6) is 0 Å². The molecule has 4 nitrogen and oxygen atoms in total. The van der Waals surface area contributed by atoms with Crippen LogP contribution in [0, 0.1) is 0 Å². The highest BCUT2D eigenvalue weighted by Crippen LogP contribution is 2.27. The third-order valence-electron chi connectivity index (χ3n) is 3.46. The molecule has 126 valence electrons. The van der Waals surface area contributed by atoms with Crippen molar-refractivity contribution in [2.45, 2.75) is 31.5 Å². The molecule has 1 aromatic heterocycles. The third kappa shape index (κ3) is 4.72. The van der Waals surface area contributed by atoms with E-state index in [0.717, 1.165) is 31.5 Å². The summed E-state index contributed by atoms with van der Waals surface area (Å²) in [5.74, 6) is -0.304. The number of carbonyl (C=O) groups excluding carboxylic acids is 1. The van der Waals surface area contributed by atoms with Crippen LogP contribution in [0.1, 0.15) is 35.3 Å². The molecule has 22 heavy (non-hydrogen) atoms. The van der Waals surface area contributed by atoms with Gasteiger partial charge in [-0.1, -0.05) is 0 Å². The molecule has 1 aliphatic rings. The van der Waals surface area contributed by atoms with Crippen LogP contribution < -0.4 is 5.73 Å². The minimum atomic E-state index is -4.49. The first-order valence-corrected chi connectivity index (χ1v) is 6.48. The van der Waals surface area contributed by atoms with E-state index in [0.29, 0.717) is 13.1 Å². The number of hydrogen-bond acceptors (Lipinski definition) is 3. The number of piperidine rings is 1. The second-order valence-electron chi connectivity index (χ2n) is 4.81. The van der Waals surface area contributed by atoms with Crippen molar-refractivity contribution in [1.82, 2.24) is 9.88 Å². The zero-order chi connectivity index (χ0) is 14.8. The summed E-state index contributed by atoms with van der Waals surface area (Å²) in [4.78, 5) is 17.2. The molecule has 0 saturated carbocycles. The molecule has 0 spiro atoms. The lowest BCUT2D eigenvalue weighted by Crippen LogP contribution is -2.47. The summed E-state index contributed by atoms with van der Waals surface area (Å²) in [5.41, 5.74) is 4.80. The summed E-state index contributed by atoms with van der Waals surface area (Å²) in [5, 5.41) is 0. The predicted molar refractivity (Wildman–Crippen MR) is 81.5 cm³/mol. The van der Waals surface area contributed by atoms with Crippen molar-refractivity contribution in [1.29, 1.82) is 0 Å². The van der Waals surface area contributed by atoms with E-state index < -0.39 is 11.9 Å². The third-order valence-corrected chi connectivity index (χ3v) is 3.46. The fraction of sp³-hybridized carbons (Fsp3) is 0.538. The second kappa shape index (κ2) is 8.55. The molecule has 2 heterocycles. The maximum absolute atomic E-state index is 12.4. The summed E-state index contributed by atoms with van der Waals surface area (Å²) in [6, 6.07) is 1.95. The molecule has 1 saturated heterocycles. The van der Waals surface area contributed by atoms with Gasteiger partial charge in [-0.05, 0) is 31.4 Å². The molecule has 0 aromatic carbocycles. The number of aromatic nitrogens is 1. The molecule has 0 bridgehead atoms. The normalized spacial score (nSPS) is 18.2. The van der Waals surface area contributed by atoms with E-state index in [4.69, 9.17) is 5.73 Å². The van der Waals surface area contributed by atoms with Crippen molar-refractivity contribution in [2.24, 2.45) is 5.73 Å². The fourth-order valence-electron chi connectivity index (χ4n) is 2.37. The topological polar surface area (TPSA) is 59.2 Å². The van der Waals surface area contributed by atoms with Gasteiger partial charge in [-0.3, -0.25) is 9.78 Å². The maximum Gasteiger partial charge on any atom is 0.433 e. The number of nitrogens with two attached hydrogens (primary N) is 1. The fourth-order valence-corrected chi connectivity index (χ4v) is 2.37. The molecule has 1 aliphatic heterocycles. The molecule has 9 heteroatoms. The number of halogens is 5. The molecule has 1 atom stereocenters. The van der Waals surface area contributed by atoms with E-state index in [2.05, 4.69) is 4.98 Å². The largest absolute Gasteiger partial charge is 0.433 e. The monoisotopic (exact) mass is 359 g/mol. The SMILES string of the molecule is Cl.Cl.NCC1CCCCN1C(=O)c1ccc(C(F)(F)F)nc1. The van der Waals surface area contributed by atoms with E-state index >= 15 is 0 Å². The summed E-state index contributed by atoms with van der Waals surface area (Å²) in [6.07, 6.45) is -0.788. The lowest BCUT2D eigenvalue weighted by Gasteiger charge is -2.35. The first kappa shape index (κ1) is 20.9. The van der Waals surface area contributed by atoms with Crippen molar-refractivity contribution >= 4 is 30.7 Å². The Balaban J connectivity index is 0.00000220. The molecule has 1 unspecified atom stereocenters. The molecule has 2 rings (SSSR count). The van der Waals surface area contributed by atoms with Crippen molar-refractivity contribution in [3.05, 3.63) is 29.6 Å². The minimum Gasteiger partial charge on any atom is -0.334 e. The van der Waals surface area contributed by atoms with Gasteiger partial charge in [0.2, 0.25) is 0 Å². The Morgan fingerprint density at radius 2 is 2.00 bits per heavy atom. The quantitative estimate of drug-likeness (QED) is 0.882. The van der Waals surface area contributed by atoms with Gasteiger partial charge in [0.05, 0.1) is 5.56 Å². The predicted octanol–water partition coefficient (Wildman–Crippen LogP) is 2.90. The van der Waals surface area contributed by atoms with E-state index in [9.17, 15) is 18.0 Å². The van der Waals surface area contributed by atoms with Crippen LogP contribution in [0.15, 0.2) is 18.3 Å². The van der Waals surface area contributed by atoms with Crippen LogP contribution in [0.4, 0.5) is 13.2 Å². The van der Waals surface area contributed by atoms with Gasteiger partial charge in [0.15, 0.2) is 0 Å². The van der Waals surface area contributed by atoms with Crippen molar-refractivity contribution in [3.63, 3.8) is 0 Å². The van der Waals surface area contributed by atoms with Crippen LogP contribution >= 0.6 is 24.8 Å². The number of amides is 1. The van der Waals surface area contributed by atoms with Gasteiger partial charge in [0, 0.05) is 25.3 Å². The Morgan fingerprint density at radius 1 is 1.32 bits per heavy atom. The molecular formula is C13H18Cl2F3N3O. The van der Waals surface area contributed by atoms with Crippen molar-refractivity contribution in [2.75, 3.05) is 13.1 Å². The lowest BCUT2D eigenvalue weighted by molar-refractivity contribution is -0.141. The molecule has 1 fully saturated rings. The van der Waals surface area contributed by atoms with Gasteiger partial charge in [0.25, 0.3) is 5.91 Å². The maximum atomic E-state index is 12.4. The Morgan fingerprint density at radius 3 is 2.50 bits per heavy atom. The van der Waals surface area contributed by atoms with Crippen molar-refractivity contribution in [3.8, 4) is 0 Å². The summed E-state index contributed by atoms with van der Waals surface area (Å²) < 4.78 is 37.3. The number of hydrogen-bond donors (Lipinski definition) is 1. The Hall–Kier alpha value is -1.05. The van der Waals surface area contributed by atoms with Gasteiger partial charge in [-0.15, -0.1) is 24.8 Å². The van der Waals surface area contributed by atoms with Gasteiger partial charge < -0.3 is 10.6 Å². The average Bonchev–Trinajstić information content (AvgIpc) is 2.45. The zero-order valence-electron chi connectivity index (χ0n) is 11.7. The smallest absolute Gasteiger partial charge is 0.334 e. The second-order valence-corrected chi connectivity index (χ2v) is 4.81. The zero-order valence-corrected chi connectivity index (χ0v) is 13.3. The van der Waals surface area contributed by atoms with Gasteiger partial charge in [-0.25, -0.2) is 0 Å². The number of alkyl halides is 3. The summed E-state index contributed by atoms with van der Waals surface area (Å²) >= 11 is 0. The van der Waals surface area contributed by atoms with Crippen LogP contribution in [-0.2, 0) is 6.18 Å². The molecular weight excluding hydrogens is 342 g/mol. The number of pyridine rings is 1. The van der Waals surface area contributed by atoms with Crippen LogP contribution in [0.2, 0.25) is 0 Å². The Kier molecular flexibility index (Phi) is 8.14. The minimum absolute atomic E-state index is 0. The van der Waals surface area contributed by atoms with Gasteiger partial charge in [-0.2, -0.15) is 13.2 Å². The average molecular weight is 360 g/mol. The van der Waals surface area contributed by atoms with Gasteiger partial charge >= 0.3 is 6.18 Å². The highest BCUT2D eigenvalue weighted by Gasteiger charge is 2.33. The van der Waals surface area contributed by atoms with E-state index in [1.54, 1.807) is 4.90 Å². The summed E-state index contributed by atoms with van der Waals surface area (Å²) in [6.45, 7) is 0.946. The molecule has 0 radical (unpaired) electrons. The highest BCUT2D eigenvalue weighted by molar-refractivity contribution is 5.94. The highest BCUT2D eigenvalue weighted by atomic mass is 35.5. The van der Waals surface area contributed by atoms with E-state index in [-0.39, 0.29) is 42.3 Å². The molecule has 0 aliphatic carbocycles. The summed E-state index contributed by atoms with van der Waals surface area (Å²) in [7, 11) is 0. The Bertz CT molecular complexity index is 482. The van der Waals surface area contributed by atoms with Crippen LogP contribution in [0.25, 0.3) is 0 Å². The number of nitrogens with zero attached hydrogens (tertiary/aromatic N) is 2. The number of carbonyl (C=O) groups is 1. The van der Waals surface area contributed by atoms with Crippen molar-refractivity contribution < 1.29 is 18.0 Å². The number of rotatable bonds is 2. The first-order chi connectivity index (χ1) is 9.43. The Labute approximate surface area is 139 Å². The molecule has 2 N–H and O–H groups in total. The molecule has 1 amide bonds. The number of likely N-dealkylation sites (tertiary alicyclic amines) is 1. The van der Waals surface area contributed by atoms with E-state index in [1.807, 2.05) is 0 Å². The first-order valence-electron chi connectivity index (χ1n) is 6.48. The molecule has 1 aromatic rings.